The van der Waals surface area contributed by atoms with Crippen LogP contribution in [0.1, 0.15) is 39.9 Å². The average Bonchev–Trinajstić information content (AvgIpc) is 3.39. The van der Waals surface area contributed by atoms with Crippen molar-refractivity contribution in [3.05, 3.63) is 64.8 Å². The smallest absolute Gasteiger partial charge is 0.255 e. The molecule has 3 amide bonds. The number of hydrogen-bond donors (Lipinski definition) is 1. The van der Waals surface area contributed by atoms with E-state index in [1.807, 2.05) is 19.1 Å². The van der Waals surface area contributed by atoms with E-state index in [9.17, 15) is 19.6 Å². The average molecular weight is 426 g/mol. The van der Waals surface area contributed by atoms with Gasteiger partial charge in [-0.05, 0) is 49.2 Å². The third-order valence-corrected chi connectivity index (χ3v) is 5.80. The minimum Gasteiger partial charge on any atom is -0.322 e. The Bertz CT molecular complexity index is 1340. The number of piperidine rings is 1. The van der Waals surface area contributed by atoms with Crippen LogP contribution in [0.5, 0.6) is 0 Å². The quantitative estimate of drug-likeness (QED) is 0.639. The van der Waals surface area contributed by atoms with Crippen LogP contribution in [0.25, 0.3) is 16.9 Å². The third kappa shape index (κ3) is 3.22. The van der Waals surface area contributed by atoms with Gasteiger partial charge in [-0.25, -0.2) is 4.68 Å². The number of nitrogens with one attached hydrogen (secondary N) is 1. The molecule has 9 nitrogen and oxygen atoms in total. The standard InChI is InChI=1S/C23H18N6O3/c1-13-7-14(10-24)9-15(8-13)18-12-29(27-26-18)19-4-2-3-16-17(19)11-28(23(16)32)20-5-6-21(30)25-22(20)31/h2-4,7-9,12,20H,5-6,11H2,1H3,(H,25,30,31). The summed E-state index contributed by atoms with van der Waals surface area (Å²) in [4.78, 5) is 38.3. The van der Waals surface area contributed by atoms with Gasteiger partial charge in [0, 0.05) is 29.7 Å². The number of fused-ring (bicyclic) bond motifs is 1. The van der Waals surface area contributed by atoms with Gasteiger partial charge in [0.15, 0.2) is 0 Å². The zero-order valence-corrected chi connectivity index (χ0v) is 17.2. The molecular formula is C23H18N6O3. The van der Waals surface area contributed by atoms with Crippen LogP contribution in [0.4, 0.5) is 0 Å². The second-order valence-corrected chi connectivity index (χ2v) is 7.95. The lowest BCUT2D eigenvalue weighted by atomic mass is 10.0. The molecule has 1 unspecified atom stereocenters. The maximum Gasteiger partial charge on any atom is 0.255 e. The zero-order valence-electron chi connectivity index (χ0n) is 17.2. The van der Waals surface area contributed by atoms with E-state index in [1.165, 1.54) is 4.90 Å². The van der Waals surface area contributed by atoms with Gasteiger partial charge in [-0.15, -0.1) is 5.10 Å². The maximum absolute atomic E-state index is 13.0. The van der Waals surface area contributed by atoms with Crippen molar-refractivity contribution in [2.24, 2.45) is 0 Å². The Balaban J connectivity index is 1.49. The largest absolute Gasteiger partial charge is 0.322 e. The summed E-state index contributed by atoms with van der Waals surface area (Å²) in [5, 5.41) is 20.1. The van der Waals surface area contributed by atoms with Gasteiger partial charge in [-0.3, -0.25) is 19.7 Å². The van der Waals surface area contributed by atoms with Gasteiger partial charge in [-0.2, -0.15) is 5.26 Å². The number of carbonyl (C=O) groups excluding carboxylic acids is 3. The van der Waals surface area contributed by atoms with Gasteiger partial charge < -0.3 is 4.90 Å². The fourth-order valence-corrected chi connectivity index (χ4v) is 4.29. The highest BCUT2D eigenvalue weighted by molar-refractivity contribution is 6.05. The van der Waals surface area contributed by atoms with E-state index in [2.05, 4.69) is 21.7 Å². The van der Waals surface area contributed by atoms with Crippen LogP contribution >= 0.6 is 0 Å². The number of hydrogen-bond acceptors (Lipinski definition) is 6. The van der Waals surface area contributed by atoms with Gasteiger partial charge in [0.1, 0.15) is 11.7 Å². The first kappa shape index (κ1) is 19.6. The monoisotopic (exact) mass is 426 g/mol. The Kier molecular flexibility index (Phi) is 4.56. The minimum absolute atomic E-state index is 0.205. The number of nitriles is 1. The molecule has 2 aromatic carbocycles. The number of aromatic nitrogens is 3. The Hall–Kier alpha value is -4.32. The van der Waals surface area contributed by atoms with Crippen LogP contribution in [0.15, 0.2) is 42.6 Å². The van der Waals surface area contributed by atoms with Gasteiger partial charge in [-0.1, -0.05) is 11.3 Å². The zero-order chi connectivity index (χ0) is 22.4. The first-order chi connectivity index (χ1) is 15.4. The second kappa shape index (κ2) is 7.42. The molecule has 1 fully saturated rings. The summed E-state index contributed by atoms with van der Waals surface area (Å²) in [5.41, 5.74) is 4.82. The van der Waals surface area contributed by atoms with Crippen molar-refractivity contribution in [2.45, 2.75) is 32.4 Å². The van der Waals surface area contributed by atoms with Crippen molar-refractivity contribution < 1.29 is 14.4 Å². The van der Waals surface area contributed by atoms with Crippen molar-refractivity contribution in [1.82, 2.24) is 25.2 Å². The summed E-state index contributed by atoms with van der Waals surface area (Å²) >= 11 is 0. The van der Waals surface area contributed by atoms with E-state index in [1.54, 1.807) is 35.1 Å². The van der Waals surface area contributed by atoms with Gasteiger partial charge in [0.05, 0.1) is 23.5 Å². The Morgan fingerprint density at radius 3 is 2.81 bits per heavy atom. The summed E-state index contributed by atoms with van der Waals surface area (Å²) in [5.74, 6) is -1.00. The highest BCUT2D eigenvalue weighted by atomic mass is 16.2. The molecule has 3 heterocycles. The molecule has 3 aromatic rings. The van der Waals surface area contributed by atoms with Crippen LogP contribution in [0.3, 0.4) is 0 Å². The molecule has 0 radical (unpaired) electrons. The van der Waals surface area contributed by atoms with Crippen molar-refractivity contribution in [3.63, 3.8) is 0 Å². The summed E-state index contributed by atoms with van der Waals surface area (Å²) < 4.78 is 1.60. The van der Waals surface area contributed by atoms with Crippen LogP contribution < -0.4 is 5.32 Å². The Morgan fingerprint density at radius 2 is 2.03 bits per heavy atom. The van der Waals surface area contributed by atoms with Crippen LogP contribution in [-0.2, 0) is 16.1 Å². The molecular weight excluding hydrogens is 408 g/mol. The molecule has 0 spiro atoms. The number of aryl methyl sites for hydroxylation is 1. The molecule has 2 aliphatic heterocycles. The molecule has 0 aliphatic carbocycles. The van der Waals surface area contributed by atoms with Gasteiger partial charge >= 0.3 is 0 Å². The van der Waals surface area contributed by atoms with Crippen LogP contribution in [0, 0.1) is 18.3 Å². The first-order valence-electron chi connectivity index (χ1n) is 10.2. The predicted molar refractivity (Wildman–Crippen MR) is 112 cm³/mol. The maximum atomic E-state index is 13.0. The van der Waals surface area contributed by atoms with E-state index < -0.39 is 11.9 Å². The number of rotatable bonds is 3. The number of imide groups is 1. The molecule has 32 heavy (non-hydrogen) atoms. The summed E-state index contributed by atoms with van der Waals surface area (Å²) in [6.45, 7) is 2.16. The molecule has 9 heteroatoms. The first-order valence-corrected chi connectivity index (χ1v) is 10.2. The van der Waals surface area contributed by atoms with Crippen molar-refractivity contribution in [1.29, 1.82) is 5.26 Å². The number of carbonyl (C=O) groups is 3. The van der Waals surface area contributed by atoms with E-state index in [0.29, 0.717) is 28.9 Å². The molecule has 158 valence electrons. The number of amides is 3. The molecule has 0 saturated carbocycles. The van der Waals surface area contributed by atoms with Gasteiger partial charge in [0.25, 0.3) is 5.91 Å². The molecule has 1 N–H and O–H groups in total. The highest BCUT2D eigenvalue weighted by Gasteiger charge is 2.40. The Labute approximate surface area is 183 Å². The van der Waals surface area contributed by atoms with Crippen molar-refractivity contribution >= 4 is 17.7 Å². The summed E-state index contributed by atoms with van der Waals surface area (Å²) in [7, 11) is 0. The second-order valence-electron chi connectivity index (χ2n) is 7.95. The highest BCUT2D eigenvalue weighted by Crippen LogP contribution is 2.32. The summed E-state index contributed by atoms with van der Waals surface area (Å²) in [6.07, 6.45) is 2.27. The fourth-order valence-electron chi connectivity index (χ4n) is 4.29. The molecule has 1 saturated heterocycles. The predicted octanol–water partition coefficient (Wildman–Crippen LogP) is 1.88. The van der Waals surface area contributed by atoms with Crippen LogP contribution in [0.2, 0.25) is 0 Å². The fraction of sp³-hybridized carbons (Fsp3) is 0.217. The number of nitrogens with zero attached hydrogens (tertiary/aromatic N) is 5. The number of benzene rings is 2. The minimum atomic E-state index is -0.677. The Morgan fingerprint density at radius 1 is 1.19 bits per heavy atom. The van der Waals surface area contributed by atoms with E-state index in [-0.39, 0.29) is 24.8 Å². The van der Waals surface area contributed by atoms with E-state index in [0.717, 1.165) is 16.7 Å². The van der Waals surface area contributed by atoms with E-state index >= 15 is 0 Å². The lowest BCUT2D eigenvalue weighted by Crippen LogP contribution is -2.52. The van der Waals surface area contributed by atoms with E-state index in [4.69, 9.17) is 0 Å². The summed E-state index contributed by atoms with van der Waals surface area (Å²) in [6, 6.07) is 12.3. The molecule has 1 aromatic heterocycles. The van der Waals surface area contributed by atoms with Crippen LogP contribution in [-0.4, -0.2) is 43.7 Å². The van der Waals surface area contributed by atoms with Crippen molar-refractivity contribution in [2.75, 3.05) is 0 Å². The lowest BCUT2D eigenvalue weighted by molar-refractivity contribution is -0.136. The molecule has 2 aliphatic rings. The molecule has 0 bridgehead atoms. The normalized spacial score (nSPS) is 17.8. The van der Waals surface area contributed by atoms with Gasteiger partial charge in [0.2, 0.25) is 11.8 Å². The molecule has 1 atom stereocenters. The topological polar surface area (TPSA) is 121 Å². The SMILES string of the molecule is Cc1cc(C#N)cc(-c2cn(-c3cccc4c3CN(C3CCC(=O)NC3=O)C4=O)nn2)c1. The van der Waals surface area contributed by atoms with Crippen molar-refractivity contribution in [3.8, 4) is 23.0 Å². The molecule has 5 rings (SSSR count). The lowest BCUT2D eigenvalue weighted by Gasteiger charge is -2.29. The third-order valence-electron chi connectivity index (χ3n) is 5.80.